The number of hydrogen-bond acceptors (Lipinski definition) is 6. The van der Waals surface area contributed by atoms with Gasteiger partial charge in [-0.25, -0.2) is 9.97 Å². The van der Waals surface area contributed by atoms with E-state index >= 15 is 0 Å². The van der Waals surface area contributed by atoms with Crippen molar-refractivity contribution >= 4 is 22.6 Å². The van der Waals surface area contributed by atoms with Gasteiger partial charge in [0.15, 0.2) is 0 Å². The first kappa shape index (κ1) is 24.7. The van der Waals surface area contributed by atoms with E-state index in [0.717, 1.165) is 31.4 Å². The quantitative estimate of drug-likeness (QED) is 0.677. The number of amides is 1. The number of carbonyl (C=O) groups is 1. The number of aromatic nitrogens is 2. The van der Waals surface area contributed by atoms with Crippen molar-refractivity contribution < 1.29 is 22.7 Å². The highest BCUT2D eigenvalue weighted by atomic mass is 19.4. The summed E-state index contributed by atoms with van der Waals surface area (Å²) in [5.74, 6) is 0.170. The smallest absolute Gasteiger partial charge is 0.379 e. The van der Waals surface area contributed by atoms with Crippen LogP contribution >= 0.6 is 0 Å². The molecular weight excluding hydrogens is 447 g/mol. The first-order chi connectivity index (χ1) is 16.1. The van der Waals surface area contributed by atoms with Gasteiger partial charge in [0.1, 0.15) is 18.2 Å². The fourth-order valence-corrected chi connectivity index (χ4v) is 5.17. The van der Waals surface area contributed by atoms with Gasteiger partial charge in [-0.3, -0.25) is 4.79 Å². The first-order valence-corrected chi connectivity index (χ1v) is 11.7. The van der Waals surface area contributed by atoms with Crippen LogP contribution in [0, 0.1) is 0 Å². The van der Waals surface area contributed by atoms with Crippen LogP contribution < -0.4 is 5.32 Å². The number of nitrogens with one attached hydrogen (secondary N) is 1. The van der Waals surface area contributed by atoms with Crippen molar-refractivity contribution in [2.75, 3.05) is 26.0 Å². The molecule has 2 fully saturated rings. The lowest BCUT2D eigenvalue weighted by atomic mass is 9.86. The minimum atomic E-state index is -4.47. The maximum atomic E-state index is 13.3. The topological polar surface area (TPSA) is 70.6 Å². The number of halogens is 3. The maximum Gasteiger partial charge on any atom is 0.416 e. The second kappa shape index (κ2) is 9.65. The number of ether oxygens (including phenoxy) is 1. The van der Waals surface area contributed by atoms with Crippen LogP contribution in [0.5, 0.6) is 0 Å². The molecule has 4 rings (SSSR count). The summed E-state index contributed by atoms with van der Waals surface area (Å²) in [6.07, 6.45) is 0.000543. The minimum Gasteiger partial charge on any atom is -0.379 e. The zero-order valence-electron chi connectivity index (χ0n) is 20.0. The van der Waals surface area contributed by atoms with Crippen molar-refractivity contribution in [2.45, 2.75) is 76.0 Å². The van der Waals surface area contributed by atoms with Crippen molar-refractivity contribution in [3.8, 4) is 0 Å². The lowest BCUT2D eigenvalue weighted by Crippen LogP contribution is -2.53. The minimum absolute atomic E-state index is 0.0138. The number of hydrogen-bond donors (Lipinski definition) is 1. The van der Waals surface area contributed by atoms with Gasteiger partial charge in [0.25, 0.3) is 0 Å². The van der Waals surface area contributed by atoms with Crippen molar-refractivity contribution in [3.63, 3.8) is 0 Å². The van der Waals surface area contributed by atoms with Gasteiger partial charge in [-0.2, -0.15) is 13.2 Å². The summed E-state index contributed by atoms with van der Waals surface area (Å²) < 4.78 is 45.5. The van der Waals surface area contributed by atoms with Crippen LogP contribution in [0.25, 0.3) is 10.9 Å². The monoisotopic (exact) mass is 479 g/mol. The van der Waals surface area contributed by atoms with Crippen LogP contribution in [0.4, 0.5) is 19.0 Å². The predicted octanol–water partition coefficient (Wildman–Crippen LogP) is 3.94. The SMILES string of the molecule is CO[C@@H]1C[C@H](N(C)C(C)C)CC[C@@H]1N1CC[C@H](Nc2ncnc3ccc(C(F)(F)F)cc23)C1=O. The van der Waals surface area contributed by atoms with Gasteiger partial charge in [0, 0.05) is 31.1 Å². The average molecular weight is 480 g/mol. The Kier molecular flexibility index (Phi) is 7.00. The predicted molar refractivity (Wildman–Crippen MR) is 123 cm³/mol. The number of anilines is 1. The molecule has 2 heterocycles. The number of fused-ring (bicyclic) bond motifs is 1. The van der Waals surface area contributed by atoms with Crippen LogP contribution in [0.1, 0.15) is 45.1 Å². The molecule has 186 valence electrons. The van der Waals surface area contributed by atoms with E-state index in [1.807, 2.05) is 4.90 Å². The lowest BCUT2D eigenvalue weighted by molar-refractivity contribution is -0.137. The van der Waals surface area contributed by atoms with Gasteiger partial charge in [-0.1, -0.05) is 0 Å². The summed E-state index contributed by atoms with van der Waals surface area (Å²) in [5, 5.41) is 3.34. The number of carbonyl (C=O) groups excluding carboxylic acids is 1. The molecule has 2 aromatic rings. The van der Waals surface area contributed by atoms with Crippen molar-refractivity contribution in [1.82, 2.24) is 19.8 Å². The Bertz CT molecular complexity index is 1030. The Morgan fingerprint density at radius 2 is 1.97 bits per heavy atom. The van der Waals surface area contributed by atoms with Crippen molar-refractivity contribution in [3.05, 3.63) is 30.1 Å². The van der Waals surface area contributed by atoms with E-state index in [1.165, 1.54) is 12.4 Å². The van der Waals surface area contributed by atoms with Crippen molar-refractivity contribution in [2.24, 2.45) is 0 Å². The fourth-order valence-electron chi connectivity index (χ4n) is 5.17. The molecule has 1 saturated carbocycles. The zero-order chi connectivity index (χ0) is 24.6. The fraction of sp³-hybridized carbons (Fsp3) is 0.625. The van der Waals surface area contributed by atoms with E-state index in [2.05, 4.69) is 41.1 Å². The van der Waals surface area contributed by atoms with E-state index in [0.29, 0.717) is 30.6 Å². The third-order valence-corrected chi connectivity index (χ3v) is 7.34. The summed E-state index contributed by atoms with van der Waals surface area (Å²) in [6, 6.07) is 3.62. The maximum absolute atomic E-state index is 13.3. The Morgan fingerprint density at radius 3 is 2.65 bits per heavy atom. The normalized spacial score (nSPS) is 26.1. The molecule has 0 spiro atoms. The second-order valence-electron chi connectivity index (χ2n) is 9.54. The molecular formula is C24H32F3N5O2. The van der Waals surface area contributed by atoms with Gasteiger partial charge in [-0.05, 0) is 64.8 Å². The molecule has 1 aliphatic heterocycles. The van der Waals surface area contributed by atoms with Crippen LogP contribution in [-0.2, 0) is 15.7 Å². The number of nitrogens with zero attached hydrogens (tertiary/aromatic N) is 4. The lowest BCUT2D eigenvalue weighted by Gasteiger charge is -2.43. The van der Waals surface area contributed by atoms with Crippen LogP contribution in [0.3, 0.4) is 0 Å². The Hall–Kier alpha value is -2.46. The van der Waals surface area contributed by atoms with Crippen molar-refractivity contribution in [1.29, 1.82) is 0 Å². The standard InChI is InChI=1S/C24H32F3N5O2/c1-14(2)31(3)16-6-8-20(21(12-16)34-4)32-10-9-19(23(32)33)30-22-17-11-15(24(25,26)27)5-7-18(17)28-13-29-22/h5,7,11,13-14,16,19-21H,6,8-10,12H2,1-4H3,(H,28,29,30)/t16-,19+,20+,21-/m1/s1. The van der Waals surface area contributed by atoms with Crippen LogP contribution in [-0.4, -0.2) is 76.6 Å². The molecule has 34 heavy (non-hydrogen) atoms. The highest BCUT2D eigenvalue weighted by Gasteiger charge is 2.43. The van der Waals surface area contributed by atoms with Crippen LogP contribution in [0.15, 0.2) is 24.5 Å². The largest absolute Gasteiger partial charge is 0.416 e. The highest BCUT2D eigenvalue weighted by molar-refractivity contribution is 5.93. The molecule has 1 saturated heterocycles. The number of rotatable bonds is 6. The zero-order valence-corrected chi connectivity index (χ0v) is 20.0. The molecule has 7 nitrogen and oxygen atoms in total. The van der Waals surface area contributed by atoms with Gasteiger partial charge in [-0.15, -0.1) is 0 Å². The number of methoxy groups -OCH3 is 1. The van der Waals surface area contributed by atoms with Crippen LogP contribution in [0.2, 0.25) is 0 Å². The summed E-state index contributed by atoms with van der Waals surface area (Å²) in [5.41, 5.74) is -0.386. The molecule has 10 heteroatoms. The van der Waals surface area contributed by atoms with E-state index in [4.69, 9.17) is 4.74 Å². The Balaban J connectivity index is 1.49. The number of alkyl halides is 3. The van der Waals surface area contributed by atoms with E-state index < -0.39 is 17.8 Å². The summed E-state index contributed by atoms with van der Waals surface area (Å²) >= 11 is 0. The second-order valence-corrected chi connectivity index (χ2v) is 9.54. The summed E-state index contributed by atoms with van der Waals surface area (Å²) in [6.45, 7) is 4.91. The first-order valence-electron chi connectivity index (χ1n) is 11.7. The molecule has 1 amide bonds. The van der Waals surface area contributed by atoms with Gasteiger partial charge < -0.3 is 19.9 Å². The van der Waals surface area contributed by atoms with Gasteiger partial charge >= 0.3 is 6.18 Å². The molecule has 1 aliphatic carbocycles. The molecule has 1 aromatic heterocycles. The van der Waals surface area contributed by atoms with E-state index in [-0.39, 0.29) is 29.3 Å². The molecule has 1 aromatic carbocycles. The Labute approximate surface area is 197 Å². The molecule has 0 bridgehead atoms. The average Bonchev–Trinajstić information content (AvgIpc) is 3.17. The molecule has 0 unspecified atom stereocenters. The molecule has 1 N–H and O–H groups in total. The van der Waals surface area contributed by atoms with Gasteiger partial charge in [0.2, 0.25) is 5.91 Å². The molecule has 0 radical (unpaired) electrons. The third kappa shape index (κ3) is 4.84. The molecule has 2 aliphatic rings. The number of benzene rings is 1. The summed E-state index contributed by atoms with van der Waals surface area (Å²) in [4.78, 5) is 25.8. The van der Waals surface area contributed by atoms with E-state index in [9.17, 15) is 18.0 Å². The highest BCUT2D eigenvalue weighted by Crippen LogP contribution is 2.34. The van der Waals surface area contributed by atoms with E-state index in [1.54, 1.807) is 7.11 Å². The number of likely N-dealkylation sites (tertiary alicyclic amines) is 1. The Morgan fingerprint density at radius 1 is 1.21 bits per heavy atom. The van der Waals surface area contributed by atoms with Gasteiger partial charge in [0.05, 0.1) is 23.2 Å². The third-order valence-electron chi connectivity index (χ3n) is 7.34. The summed E-state index contributed by atoms with van der Waals surface area (Å²) in [7, 11) is 3.82. The molecule has 4 atom stereocenters.